The number of amides is 1. The number of piperazine rings is 1. The minimum atomic E-state index is 0.0144. The van der Waals surface area contributed by atoms with Crippen molar-refractivity contribution in [3.8, 4) is 0 Å². The zero-order valence-electron chi connectivity index (χ0n) is 9.21. The first-order valence-electron chi connectivity index (χ1n) is 5.26. The van der Waals surface area contributed by atoms with Crippen molar-refractivity contribution in [1.82, 2.24) is 15.2 Å². The summed E-state index contributed by atoms with van der Waals surface area (Å²) in [6.45, 7) is 6.62. The van der Waals surface area contributed by atoms with Crippen LogP contribution in [0.5, 0.6) is 0 Å². The summed E-state index contributed by atoms with van der Waals surface area (Å²) in [7, 11) is 0. The van der Waals surface area contributed by atoms with Gasteiger partial charge in [0.25, 0.3) is 5.91 Å². The lowest BCUT2D eigenvalue weighted by Crippen LogP contribution is -2.58. The Hall–Kier alpha value is -1.29. The molecular weight excluding hydrogens is 190 g/mol. The summed E-state index contributed by atoms with van der Waals surface area (Å²) in [6.07, 6.45) is 1.78. The number of carbonyl (C=O) groups is 1. The number of aromatic amines is 1. The van der Waals surface area contributed by atoms with Crippen LogP contribution in [0.2, 0.25) is 0 Å². The average molecular weight is 207 g/mol. The Morgan fingerprint density at radius 1 is 1.53 bits per heavy atom. The van der Waals surface area contributed by atoms with Crippen LogP contribution in [0, 0.1) is 0 Å². The second-order valence-electron chi connectivity index (χ2n) is 4.62. The van der Waals surface area contributed by atoms with Crippen LogP contribution in [0.15, 0.2) is 18.3 Å². The molecule has 0 atom stereocenters. The monoisotopic (exact) mass is 207 g/mol. The van der Waals surface area contributed by atoms with Gasteiger partial charge in [-0.05, 0) is 26.0 Å². The molecule has 0 saturated carbocycles. The maximum atomic E-state index is 12.0. The molecule has 15 heavy (non-hydrogen) atoms. The Balaban J connectivity index is 2.08. The predicted molar refractivity (Wildman–Crippen MR) is 58.8 cm³/mol. The third-order valence-corrected chi connectivity index (χ3v) is 2.69. The van der Waals surface area contributed by atoms with Crippen LogP contribution in [0.1, 0.15) is 24.3 Å². The van der Waals surface area contributed by atoms with E-state index in [1.807, 2.05) is 17.0 Å². The Bertz CT molecular complexity index is 343. The van der Waals surface area contributed by atoms with Gasteiger partial charge in [0.05, 0.1) is 0 Å². The minimum absolute atomic E-state index is 0.0144. The number of H-pyrrole nitrogens is 1. The highest BCUT2D eigenvalue weighted by molar-refractivity contribution is 5.92. The second-order valence-corrected chi connectivity index (χ2v) is 4.62. The van der Waals surface area contributed by atoms with Crippen LogP contribution in [-0.2, 0) is 0 Å². The molecule has 4 nitrogen and oxygen atoms in total. The fraction of sp³-hybridized carbons (Fsp3) is 0.545. The zero-order valence-corrected chi connectivity index (χ0v) is 9.21. The maximum absolute atomic E-state index is 12.0. The van der Waals surface area contributed by atoms with Crippen molar-refractivity contribution in [2.45, 2.75) is 19.4 Å². The highest BCUT2D eigenvalue weighted by Crippen LogP contribution is 2.12. The largest absolute Gasteiger partial charge is 0.357 e. The first kappa shape index (κ1) is 10.2. The van der Waals surface area contributed by atoms with Gasteiger partial charge in [0.2, 0.25) is 0 Å². The molecule has 0 bridgehead atoms. The SMILES string of the molecule is CC1(C)CN(C(=O)c2ccc[nH]2)CCN1. The van der Waals surface area contributed by atoms with E-state index < -0.39 is 0 Å². The standard InChI is InChI=1S/C11H17N3O/c1-11(2)8-14(7-6-13-11)10(15)9-4-3-5-12-9/h3-5,12-13H,6-8H2,1-2H3. The molecule has 0 aliphatic carbocycles. The van der Waals surface area contributed by atoms with Crippen molar-refractivity contribution in [3.05, 3.63) is 24.0 Å². The molecule has 0 radical (unpaired) electrons. The molecule has 4 heteroatoms. The summed E-state index contributed by atoms with van der Waals surface area (Å²) in [5.74, 6) is 0.0922. The first-order chi connectivity index (χ1) is 7.08. The number of hydrogen-bond acceptors (Lipinski definition) is 2. The summed E-state index contributed by atoms with van der Waals surface area (Å²) in [4.78, 5) is 16.9. The third kappa shape index (κ3) is 2.21. The molecular formula is C11H17N3O. The Kier molecular flexibility index (Phi) is 2.52. The maximum Gasteiger partial charge on any atom is 0.270 e. The highest BCUT2D eigenvalue weighted by Gasteiger charge is 2.29. The minimum Gasteiger partial charge on any atom is -0.357 e. The first-order valence-corrected chi connectivity index (χ1v) is 5.26. The lowest BCUT2D eigenvalue weighted by atomic mass is 10.0. The van der Waals surface area contributed by atoms with E-state index in [0.29, 0.717) is 5.69 Å². The Morgan fingerprint density at radius 2 is 2.33 bits per heavy atom. The molecule has 82 valence electrons. The van der Waals surface area contributed by atoms with Gasteiger partial charge in [0.15, 0.2) is 0 Å². The number of nitrogens with one attached hydrogen (secondary N) is 2. The van der Waals surface area contributed by atoms with Crippen LogP contribution >= 0.6 is 0 Å². The molecule has 1 saturated heterocycles. The van der Waals surface area contributed by atoms with Gasteiger partial charge >= 0.3 is 0 Å². The van der Waals surface area contributed by atoms with Crippen LogP contribution in [-0.4, -0.2) is 41.0 Å². The van der Waals surface area contributed by atoms with Gasteiger partial charge in [-0.15, -0.1) is 0 Å². The molecule has 2 rings (SSSR count). The van der Waals surface area contributed by atoms with Gasteiger partial charge in [0, 0.05) is 31.4 Å². The molecule has 1 aliphatic heterocycles. The second kappa shape index (κ2) is 3.70. The summed E-state index contributed by atoms with van der Waals surface area (Å²) >= 11 is 0. The van der Waals surface area contributed by atoms with E-state index in [2.05, 4.69) is 24.1 Å². The van der Waals surface area contributed by atoms with Crippen molar-refractivity contribution < 1.29 is 4.79 Å². The quantitative estimate of drug-likeness (QED) is 0.717. The topological polar surface area (TPSA) is 48.1 Å². The van der Waals surface area contributed by atoms with Gasteiger partial charge in [-0.2, -0.15) is 0 Å². The van der Waals surface area contributed by atoms with E-state index >= 15 is 0 Å². The van der Waals surface area contributed by atoms with Gasteiger partial charge in [-0.1, -0.05) is 0 Å². The van der Waals surface area contributed by atoms with Crippen LogP contribution in [0.25, 0.3) is 0 Å². The van der Waals surface area contributed by atoms with E-state index in [9.17, 15) is 4.79 Å². The van der Waals surface area contributed by atoms with Crippen LogP contribution in [0.3, 0.4) is 0 Å². The molecule has 1 aliphatic rings. The van der Waals surface area contributed by atoms with Crippen molar-refractivity contribution >= 4 is 5.91 Å². The smallest absolute Gasteiger partial charge is 0.270 e. The molecule has 2 N–H and O–H groups in total. The number of nitrogens with zero attached hydrogens (tertiary/aromatic N) is 1. The van der Waals surface area contributed by atoms with E-state index in [0.717, 1.165) is 19.6 Å². The lowest BCUT2D eigenvalue weighted by Gasteiger charge is -2.38. The van der Waals surface area contributed by atoms with Crippen molar-refractivity contribution in [3.63, 3.8) is 0 Å². The van der Waals surface area contributed by atoms with Crippen molar-refractivity contribution in [2.75, 3.05) is 19.6 Å². The molecule has 0 spiro atoms. The third-order valence-electron chi connectivity index (χ3n) is 2.69. The lowest BCUT2D eigenvalue weighted by molar-refractivity contribution is 0.0647. The summed E-state index contributed by atoms with van der Waals surface area (Å²) in [5, 5.41) is 3.38. The molecule has 0 aromatic carbocycles. The number of aromatic nitrogens is 1. The zero-order chi connectivity index (χ0) is 10.9. The summed E-state index contributed by atoms with van der Waals surface area (Å²) < 4.78 is 0. The molecule has 1 amide bonds. The normalized spacial score (nSPS) is 20.3. The highest BCUT2D eigenvalue weighted by atomic mass is 16.2. The molecule has 1 fully saturated rings. The van der Waals surface area contributed by atoms with Crippen molar-refractivity contribution in [2.24, 2.45) is 0 Å². The Morgan fingerprint density at radius 3 is 2.93 bits per heavy atom. The van der Waals surface area contributed by atoms with E-state index in [1.54, 1.807) is 6.20 Å². The van der Waals surface area contributed by atoms with E-state index in [1.165, 1.54) is 0 Å². The van der Waals surface area contributed by atoms with Gasteiger partial charge in [-0.3, -0.25) is 4.79 Å². The summed E-state index contributed by atoms with van der Waals surface area (Å²) in [5.41, 5.74) is 0.688. The number of rotatable bonds is 1. The average Bonchev–Trinajstić information content (AvgIpc) is 2.67. The van der Waals surface area contributed by atoms with Gasteiger partial charge < -0.3 is 15.2 Å². The summed E-state index contributed by atoms with van der Waals surface area (Å²) in [6, 6.07) is 3.66. The van der Waals surface area contributed by atoms with Crippen LogP contribution < -0.4 is 5.32 Å². The van der Waals surface area contributed by atoms with Gasteiger partial charge in [-0.25, -0.2) is 0 Å². The molecule has 1 aromatic rings. The van der Waals surface area contributed by atoms with Crippen molar-refractivity contribution in [1.29, 1.82) is 0 Å². The molecule has 0 unspecified atom stereocenters. The fourth-order valence-electron chi connectivity index (χ4n) is 1.95. The van der Waals surface area contributed by atoms with E-state index in [-0.39, 0.29) is 11.4 Å². The van der Waals surface area contributed by atoms with Gasteiger partial charge in [0.1, 0.15) is 5.69 Å². The van der Waals surface area contributed by atoms with E-state index in [4.69, 9.17) is 0 Å². The number of carbonyl (C=O) groups excluding carboxylic acids is 1. The molecule has 2 heterocycles. The number of hydrogen-bond donors (Lipinski definition) is 2. The Labute approximate surface area is 89.7 Å². The fourth-order valence-corrected chi connectivity index (χ4v) is 1.95. The van der Waals surface area contributed by atoms with Crippen LogP contribution in [0.4, 0.5) is 0 Å². The predicted octanol–water partition coefficient (Wildman–Crippen LogP) is 0.839. The molecule has 1 aromatic heterocycles.